The highest BCUT2D eigenvalue weighted by Gasteiger charge is 2.27. The molecule has 430 valence electrons. The summed E-state index contributed by atoms with van der Waals surface area (Å²) in [5.74, 6) is 3.98. The van der Waals surface area contributed by atoms with E-state index in [0.717, 1.165) is 44.2 Å². The average Bonchev–Trinajstić information content (AvgIpc) is 1.43. The van der Waals surface area contributed by atoms with Crippen molar-refractivity contribution in [3.63, 3.8) is 0 Å². The Hall–Kier alpha value is -13.8. The van der Waals surface area contributed by atoms with E-state index in [0.29, 0.717) is 108 Å². The van der Waals surface area contributed by atoms with Gasteiger partial charge in [-0.3, -0.25) is 0 Å². The summed E-state index contributed by atoms with van der Waals surface area (Å²) < 4.78 is 2.14. The van der Waals surface area contributed by atoms with Crippen LogP contribution in [0.5, 0.6) is 0 Å². The molecule has 15 aromatic rings. The van der Waals surface area contributed by atoms with E-state index >= 15 is 0 Å². The first-order valence-electron chi connectivity index (χ1n) is 29.7. The predicted octanol–water partition coefficient (Wildman–Crippen LogP) is 17.2. The minimum atomic E-state index is 0.214. The molecule has 15 rings (SSSR count). The Morgan fingerprint density at radius 2 is 0.495 bits per heavy atom. The van der Waals surface area contributed by atoms with Crippen LogP contribution in [0.2, 0.25) is 0 Å². The summed E-state index contributed by atoms with van der Waals surface area (Å²) in [5.41, 5.74) is 11.7. The average molecular weight is 1190 g/mol. The van der Waals surface area contributed by atoms with Gasteiger partial charge in [0.2, 0.25) is 0 Å². The zero-order valence-corrected chi connectivity index (χ0v) is 49.2. The molecule has 0 aliphatic carbocycles. The van der Waals surface area contributed by atoms with Crippen molar-refractivity contribution in [1.82, 2.24) is 49.4 Å². The Morgan fingerprint density at radius 3 is 0.763 bits per heavy atom. The first kappa shape index (κ1) is 55.8. The molecule has 0 saturated heterocycles. The van der Waals surface area contributed by atoms with E-state index in [4.69, 9.17) is 44.9 Å². The molecule has 0 bridgehead atoms. The zero-order valence-electron chi connectivity index (χ0n) is 49.2. The maximum absolute atomic E-state index is 11.2. The third-order valence-corrected chi connectivity index (χ3v) is 16.1. The normalized spacial score (nSPS) is 11.0. The number of aromatic nitrogens is 10. The van der Waals surface area contributed by atoms with E-state index in [1.54, 1.807) is 36.4 Å². The second-order valence-electron chi connectivity index (χ2n) is 21.8. The molecule has 0 radical (unpaired) electrons. The third kappa shape index (κ3) is 10.7. The number of benzene rings is 11. The van der Waals surface area contributed by atoms with Crippen LogP contribution in [0.3, 0.4) is 0 Å². The van der Waals surface area contributed by atoms with Gasteiger partial charge in [-0.2, -0.15) is 21.0 Å². The van der Waals surface area contributed by atoms with Crippen molar-refractivity contribution in [3.8, 4) is 155 Å². The molecule has 14 heteroatoms. The van der Waals surface area contributed by atoms with Crippen LogP contribution in [0, 0.1) is 45.3 Å². The van der Waals surface area contributed by atoms with Gasteiger partial charge in [-0.1, -0.05) is 194 Å². The Bertz CT molecular complexity index is 5150. The fraction of sp³-hybridized carbons (Fsp3) is 0. The third-order valence-electron chi connectivity index (χ3n) is 16.1. The van der Waals surface area contributed by atoms with E-state index < -0.39 is 0 Å². The molecule has 14 nitrogen and oxygen atoms in total. The van der Waals surface area contributed by atoms with E-state index in [-0.39, 0.29) is 22.3 Å². The molecule has 4 heterocycles. The second kappa shape index (κ2) is 24.1. The summed E-state index contributed by atoms with van der Waals surface area (Å²) in [5, 5.41) is 44.7. The standard InChI is InChI=1S/C79H44N14/c80-45-49-31-35-62(60(39-49)47-82)66-43-59(79-91-75(55-27-15-5-16-28-55)86-76(92-79)56-29-17-6-18-30-56)44-67(63-36-32-50(46-81)40-61(63)48-83)70(66)93-68-37-33-57(77-87-71(51-19-7-1-8-20-51)84-72(88-77)52-21-9-2-10-22-52)41-64(68)65-42-58(34-38-69(65)93)78-89-73(53-23-11-3-12-24-53)85-74(90-78)54-25-13-4-14-26-54/h1-44H. The van der Waals surface area contributed by atoms with Crippen LogP contribution in [0.4, 0.5) is 0 Å². The molecule has 0 aliphatic rings. The van der Waals surface area contributed by atoms with Crippen molar-refractivity contribution in [2.75, 3.05) is 0 Å². The van der Waals surface area contributed by atoms with Gasteiger partial charge in [0.25, 0.3) is 0 Å². The van der Waals surface area contributed by atoms with Crippen molar-refractivity contribution in [3.05, 3.63) is 289 Å². The van der Waals surface area contributed by atoms with E-state index in [2.05, 4.69) is 41.0 Å². The number of hydrogen-bond acceptors (Lipinski definition) is 13. The maximum Gasteiger partial charge on any atom is 0.164 e. The van der Waals surface area contributed by atoms with Crippen molar-refractivity contribution in [1.29, 1.82) is 21.0 Å². The molecule has 4 aromatic heterocycles. The number of nitrogens with zero attached hydrogens (tertiary/aromatic N) is 14. The van der Waals surface area contributed by atoms with E-state index in [1.807, 2.05) is 218 Å². The van der Waals surface area contributed by atoms with Crippen LogP contribution in [-0.2, 0) is 0 Å². The van der Waals surface area contributed by atoms with Crippen LogP contribution in [0.1, 0.15) is 22.3 Å². The molecule has 0 amide bonds. The van der Waals surface area contributed by atoms with Crippen LogP contribution >= 0.6 is 0 Å². The quantitative estimate of drug-likeness (QED) is 0.111. The first-order valence-corrected chi connectivity index (χ1v) is 29.7. The lowest BCUT2D eigenvalue weighted by Gasteiger charge is -2.22. The van der Waals surface area contributed by atoms with Crippen molar-refractivity contribution in [2.45, 2.75) is 0 Å². The van der Waals surface area contributed by atoms with Crippen LogP contribution in [0.15, 0.2) is 267 Å². The van der Waals surface area contributed by atoms with Gasteiger partial charge < -0.3 is 4.57 Å². The summed E-state index contributed by atoms with van der Waals surface area (Å²) in [6, 6.07) is 94.1. The molecule has 0 saturated carbocycles. The molecule has 0 N–H and O–H groups in total. The molecule has 11 aromatic carbocycles. The lowest BCUT2D eigenvalue weighted by atomic mass is 9.88. The highest BCUT2D eigenvalue weighted by Crippen LogP contribution is 2.47. The van der Waals surface area contributed by atoms with Gasteiger partial charge in [-0.15, -0.1) is 0 Å². The topological polar surface area (TPSA) is 216 Å². The van der Waals surface area contributed by atoms with Crippen molar-refractivity contribution in [2.24, 2.45) is 0 Å². The minimum absolute atomic E-state index is 0.214. The van der Waals surface area contributed by atoms with E-state index in [9.17, 15) is 21.0 Å². The number of fused-ring (bicyclic) bond motifs is 3. The lowest BCUT2D eigenvalue weighted by molar-refractivity contribution is 1.07. The molecule has 0 atom stereocenters. The summed E-state index contributed by atoms with van der Waals surface area (Å²) in [6.07, 6.45) is 0. The number of hydrogen-bond donors (Lipinski definition) is 0. The lowest BCUT2D eigenvalue weighted by Crippen LogP contribution is -2.05. The second-order valence-corrected chi connectivity index (χ2v) is 21.8. The van der Waals surface area contributed by atoms with Gasteiger partial charge in [-0.05, 0) is 72.8 Å². The summed E-state index contributed by atoms with van der Waals surface area (Å²) in [6.45, 7) is 0. The monoisotopic (exact) mass is 1190 g/mol. The van der Waals surface area contributed by atoms with E-state index in [1.165, 1.54) is 0 Å². The molecule has 0 unspecified atom stereocenters. The molecule has 93 heavy (non-hydrogen) atoms. The van der Waals surface area contributed by atoms with Gasteiger partial charge in [-0.25, -0.2) is 44.9 Å². The summed E-state index contributed by atoms with van der Waals surface area (Å²) >= 11 is 0. The molecular formula is C79H44N14. The predicted molar refractivity (Wildman–Crippen MR) is 360 cm³/mol. The largest absolute Gasteiger partial charge is 0.308 e. The molecular weight excluding hydrogens is 1140 g/mol. The SMILES string of the molecule is N#Cc1ccc(-c2cc(-c3nc(-c4ccccc4)nc(-c4ccccc4)n3)cc(-c3ccc(C#N)cc3C#N)c2-n2c3ccc(-c4nc(-c5ccccc5)nc(-c5ccccc5)n4)cc3c3cc(-c4nc(-c5ccccc5)nc(-c5ccccc5)n4)ccc32)c(C#N)c1. The van der Waals surface area contributed by atoms with Gasteiger partial charge >= 0.3 is 0 Å². The molecule has 0 aliphatic heterocycles. The molecule has 0 spiro atoms. The fourth-order valence-electron chi connectivity index (χ4n) is 11.7. The Morgan fingerprint density at radius 1 is 0.226 bits per heavy atom. The Balaban J connectivity index is 1.07. The number of nitriles is 4. The number of rotatable bonds is 12. The Labute approximate surface area is 533 Å². The van der Waals surface area contributed by atoms with Gasteiger partial charge in [0.05, 0.1) is 63.3 Å². The van der Waals surface area contributed by atoms with Gasteiger partial charge in [0.1, 0.15) is 0 Å². The minimum Gasteiger partial charge on any atom is -0.308 e. The fourth-order valence-corrected chi connectivity index (χ4v) is 11.7. The Kier molecular flexibility index (Phi) is 14.4. The highest BCUT2D eigenvalue weighted by molar-refractivity contribution is 6.13. The van der Waals surface area contributed by atoms with Crippen molar-refractivity contribution >= 4 is 21.8 Å². The summed E-state index contributed by atoms with van der Waals surface area (Å²) in [4.78, 5) is 46.2. The first-order chi connectivity index (χ1) is 45.9. The van der Waals surface area contributed by atoms with Crippen LogP contribution in [0.25, 0.3) is 152 Å². The zero-order chi connectivity index (χ0) is 62.8. The molecule has 0 fully saturated rings. The van der Waals surface area contributed by atoms with Gasteiger partial charge in [0.15, 0.2) is 52.4 Å². The van der Waals surface area contributed by atoms with Gasteiger partial charge in [0, 0.05) is 83.1 Å². The van der Waals surface area contributed by atoms with Crippen LogP contribution in [-0.4, -0.2) is 49.4 Å². The van der Waals surface area contributed by atoms with Crippen molar-refractivity contribution < 1.29 is 0 Å². The smallest absolute Gasteiger partial charge is 0.164 e. The summed E-state index contributed by atoms with van der Waals surface area (Å²) in [7, 11) is 0. The van der Waals surface area contributed by atoms with Crippen LogP contribution < -0.4 is 0 Å². The highest BCUT2D eigenvalue weighted by atomic mass is 15.1. The maximum atomic E-state index is 11.2.